The van der Waals surface area contributed by atoms with E-state index in [1.54, 1.807) is 0 Å². The Morgan fingerprint density at radius 2 is 1.17 bits per heavy atom. The van der Waals surface area contributed by atoms with Crippen molar-refractivity contribution in [3.63, 3.8) is 0 Å². The molecule has 7 nitrogen and oxygen atoms in total. The zero-order valence-corrected chi connectivity index (χ0v) is 35.5. The van der Waals surface area contributed by atoms with Gasteiger partial charge in [-0.3, -0.25) is 4.79 Å². The van der Waals surface area contributed by atoms with Crippen LogP contribution in [0.15, 0.2) is 0 Å². The van der Waals surface area contributed by atoms with Crippen LogP contribution in [0.3, 0.4) is 0 Å². The van der Waals surface area contributed by atoms with E-state index in [4.69, 9.17) is 14.2 Å². The molecule has 53 heavy (non-hydrogen) atoms. The van der Waals surface area contributed by atoms with Crippen LogP contribution in [0.25, 0.3) is 0 Å². The first-order valence-corrected chi connectivity index (χ1v) is 23.1. The van der Waals surface area contributed by atoms with Gasteiger partial charge < -0.3 is 24.2 Å². The molecule has 312 valence electrons. The van der Waals surface area contributed by atoms with Gasteiger partial charge in [0, 0.05) is 18.4 Å². The summed E-state index contributed by atoms with van der Waals surface area (Å²) < 4.78 is 17.0. The van der Waals surface area contributed by atoms with Crippen molar-refractivity contribution in [1.29, 1.82) is 0 Å². The van der Waals surface area contributed by atoms with Crippen LogP contribution in [0.2, 0.25) is 0 Å². The number of ether oxygens (including phenoxy) is 3. The van der Waals surface area contributed by atoms with E-state index in [2.05, 4.69) is 32.6 Å². The summed E-state index contributed by atoms with van der Waals surface area (Å²) in [5.74, 6) is 2.44. The lowest BCUT2D eigenvalue weighted by Crippen LogP contribution is -2.39. The van der Waals surface area contributed by atoms with Crippen LogP contribution in [-0.4, -0.2) is 67.7 Å². The molecule has 2 atom stereocenters. The van der Waals surface area contributed by atoms with Crippen LogP contribution in [0.1, 0.15) is 214 Å². The van der Waals surface area contributed by atoms with Gasteiger partial charge in [0.15, 0.2) is 0 Å². The lowest BCUT2D eigenvalue weighted by molar-refractivity contribution is -0.150. The molecule has 2 unspecified atom stereocenters. The molecule has 0 aromatic carbocycles. The quantitative estimate of drug-likeness (QED) is 0.0518. The molecule has 2 aliphatic rings. The first-order valence-electron chi connectivity index (χ1n) is 23.1. The third kappa shape index (κ3) is 24.7. The molecule has 2 aliphatic carbocycles. The third-order valence-electron chi connectivity index (χ3n) is 12.2. The maximum absolute atomic E-state index is 12.7. The normalized spacial score (nSPS) is 21.3. The molecule has 0 radical (unpaired) electrons. The van der Waals surface area contributed by atoms with Crippen molar-refractivity contribution in [3.05, 3.63) is 0 Å². The standard InChI is InChI=1S/C46H87NO6/c1-5-7-9-11-14-20-26-43(27-21-15-12-10-8-6-2)53-44(49)28-22-16-13-17-23-29-47(31-32-48)30-24-18-19-25-33-51-45(50)52-39-46(4)37-41-34-40(3)35-42(36-41)38-46/h40-43,48H,5-39H2,1-4H3. The van der Waals surface area contributed by atoms with Crippen molar-refractivity contribution in [1.82, 2.24) is 4.90 Å². The highest BCUT2D eigenvalue weighted by atomic mass is 16.7. The van der Waals surface area contributed by atoms with Gasteiger partial charge in [0.25, 0.3) is 0 Å². The Bertz CT molecular complexity index is 863. The summed E-state index contributed by atoms with van der Waals surface area (Å²) in [5, 5.41) is 9.58. The van der Waals surface area contributed by atoms with E-state index < -0.39 is 6.16 Å². The van der Waals surface area contributed by atoms with E-state index in [0.29, 0.717) is 19.6 Å². The van der Waals surface area contributed by atoms with E-state index in [-0.39, 0.29) is 24.1 Å². The van der Waals surface area contributed by atoms with Crippen molar-refractivity contribution < 1.29 is 28.9 Å². The summed E-state index contributed by atoms with van der Waals surface area (Å²) >= 11 is 0. The summed E-state index contributed by atoms with van der Waals surface area (Å²) in [6, 6.07) is 0. The molecular formula is C46H87NO6. The van der Waals surface area contributed by atoms with Gasteiger partial charge in [0.05, 0.1) is 13.2 Å². The SMILES string of the molecule is CCCCCCCCC(CCCCCCCC)OC(=O)CCCCCCCN(CCO)CCCCCCOC(=O)OCC1(C)CC2CC(C)CC(C2)C1. The number of carbonyl (C=O) groups excluding carboxylic acids is 2. The fourth-order valence-electron chi connectivity index (χ4n) is 9.47. The third-order valence-corrected chi connectivity index (χ3v) is 12.2. The topological polar surface area (TPSA) is 85.3 Å². The van der Waals surface area contributed by atoms with E-state index in [0.717, 1.165) is 108 Å². The summed E-state index contributed by atoms with van der Waals surface area (Å²) in [6.07, 6.45) is 33.4. The van der Waals surface area contributed by atoms with Gasteiger partial charge in [-0.05, 0) is 114 Å². The van der Waals surface area contributed by atoms with Gasteiger partial charge in [0.1, 0.15) is 12.7 Å². The Morgan fingerprint density at radius 1 is 0.660 bits per heavy atom. The maximum Gasteiger partial charge on any atom is 0.508 e. The van der Waals surface area contributed by atoms with E-state index in [1.807, 2.05) is 0 Å². The van der Waals surface area contributed by atoms with Crippen LogP contribution in [0.5, 0.6) is 0 Å². The minimum atomic E-state index is -0.504. The molecule has 0 aromatic heterocycles. The first-order chi connectivity index (χ1) is 25.8. The van der Waals surface area contributed by atoms with Gasteiger partial charge in [-0.15, -0.1) is 0 Å². The summed E-state index contributed by atoms with van der Waals surface area (Å²) in [5.41, 5.74) is 0.103. The van der Waals surface area contributed by atoms with E-state index >= 15 is 0 Å². The average Bonchev–Trinajstić information content (AvgIpc) is 3.12. The van der Waals surface area contributed by atoms with Crippen molar-refractivity contribution >= 4 is 12.1 Å². The second kappa shape index (κ2) is 30.8. The molecule has 0 aliphatic heterocycles. The average molecular weight is 750 g/mol. The number of nitrogens with zero attached hydrogens (tertiary/aromatic N) is 1. The Morgan fingerprint density at radius 3 is 1.74 bits per heavy atom. The number of aliphatic hydroxyl groups excluding tert-OH is 1. The summed E-state index contributed by atoms with van der Waals surface area (Å²) in [7, 11) is 0. The van der Waals surface area contributed by atoms with Gasteiger partial charge in [0.2, 0.25) is 0 Å². The highest BCUT2D eigenvalue weighted by Gasteiger charge is 2.41. The summed E-state index contributed by atoms with van der Waals surface area (Å²) in [4.78, 5) is 27.3. The monoisotopic (exact) mass is 750 g/mol. The van der Waals surface area contributed by atoms with Crippen LogP contribution < -0.4 is 0 Å². The number of unbranched alkanes of at least 4 members (excludes halogenated alkanes) is 17. The zero-order valence-electron chi connectivity index (χ0n) is 35.5. The molecule has 0 heterocycles. The number of hydrogen-bond acceptors (Lipinski definition) is 7. The predicted molar refractivity (Wildman–Crippen MR) is 220 cm³/mol. The summed E-state index contributed by atoms with van der Waals surface area (Å²) in [6.45, 7) is 13.0. The Kier molecular flexibility index (Phi) is 27.8. The molecule has 0 spiro atoms. The number of hydrogen-bond donors (Lipinski definition) is 1. The van der Waals surface area contributed by atoms with Crippen molar-refractivity contribution in [2.45, 2.75) is 220 Å². The minimum absolute atomic E-state index is 0.00752. The number of carbonyl (C=O) groups is 2. The predicted octanol–water partition coefficient (Wildman–Crippen LogP) is 12.6. The van der Waals surface area contributed by atoms with Crippen LogP contribution in [0, 0.1) is 23.2 Å². The molecule has 2 saturated carbocycles. The van der Waals surface area contributed by atoms with Crippen LogP contribution >= 0.6 is 0 Å². The lowest BCUT2D eigenvalue weighted by Gasteiger charge is -2.46. The van der Waals surface area contributed by atoms with Gasteiger partial charge in [-0.2, -0.15) is 0 Å². The van der Waals surface area contributed by atoms with Crippen LogP contribution in [0.4, 0.5) is 4.79 Å². The van der Waals surface area contributed by atoms with Crippen LogP contribution in [-0.2, 0) is 19.0 Å². The van der Waals surface area contributed by atoms with E-state index in [1.165, 1.54) is 109 Å². The molecule has 1 N–H and O–H groups in total. The van der Waals surface area contributed by atoms with E-state index in [9.17, 15) is 14.7 Å². The fourth-order valence-corrected chi connectivity index (χ4v) is 9.47. The highest BCUT2D eigenvalue weighted by Crippen LogP contribution is 2.50. The molecule has 2 fully saturated rings. The highest BCUT2D eigenvalue weighted by molar-refractivity contribution is 5.69. The Labute approximate surface area is 327 Å². The molecule has 0 saturated heterocycles. The first kappa shape index (κ1) is 47.8. The largest absolute Gasteiger partial charge is 0.508 e. The molecule has 0 aromatic rings. The second-order valence-corrected chi connectivity index (χ2v) is 17.9. The maximum atomic E-state index is 12.7. The lowest BCUT2D eigenvalue weighted by atomic mass is 9.60. The van der Waals surface area contributed by atoms with Gasteiger partial charge >= 0.3 is 12.1 Å². The number of rotatable bonds is 34. The zero-order chi connectivity index (χ0) is 38.4. The Hall–Kier alpha value is -1.34. The number of fused-ring (bicyclic) bond motifs is 2. The molecule has 7 heteroatoms. The molecule has 2 rings (SSSR count). The van der Waals surface area contributed by atoms with Crippen molar-refractivity contribution in [3.8, 4) is 0 Å². The van der Waals surface area contributed by atoms with Gasteiger partial charge in [-0.25, -0.2) is 4.79 Å². The molecular weight excluding hydrogens is 663 g/mol. The van der Waals surface area contributed by atoms with Crippen molar-refractivity contribution in [2.75, 3.05) is 39.5 Å². The minimum Gasteiger partial charge on any atom is -0.462 e. The Balaban J connectivity index is 1.48. The van der Waals surface area contributed by atoms with Crippen molar-refractivity contribution in [2.24, 2.45) is 23.2 Å². The van der Waals surface area contributed by atoms with Gasteiger partial charge in [-0.1, -0.05) is 124 Å². The second-order valence-electron chi connectivity index (χ2n) is 17.9. The number of esters is 1. The number of aliphatic hydroxyl groups is 1. The molecule has 2 bridgehead atoms. The smallest absolute Gasteiger partial charge is 0.462 e. The molecule has 0 amide bonds. The fraction of sp³-hybridized carbons (Fsp3) is 0.957.